The van der Waals surface area contributed by atoms with Crippen molar-refractivity contribution < 1.29 is 13.9 Å². The average molecular weight is 352 g/mol. The summed E-state index contributed by atoms with van der Waals surface area (Å²) in [5.74, 6) is 1.08. The summed E-state index contributed by atoms with van der Waals surface area (Å²) in [7, 11) is 1.60. The number of benzene rings is 1. The molecule has 0 aliphatic carbocycles. The number of nitrogens with zero attached hydrogens (tertiary/aromatic N) is 3. The van der Waals surface area contributed by atoms with Gasteiger partial charge in [0.15, 0.2) is 0 Å². The maximum absolute atomic E-state index is 13.1. The Hall–Kier alpha value is -3.09. The van der Waals surface area contributed by atoms with Crippen LogP contribution in [0.4, 0.5) is 5.95 Å². The summed E-state index contributed by atoms with van der Waals surface area (Å²) < 4.78 is 10.8. The smallest absolute Gasteiger partial charge is 0.257 e. The number of methoxy groups -OCH3 is 1. The molecule has 1 amide bonds. The molecule has 2 aromatic heterocycles. The predicted octanol–water partition coefficient (Wildman–Crippen LogP) is 2.83. The Morgan fingerprint density at radius 1 is 1.38 bits per heavy atom. The van der Waals surface area contributed by atoms with E-state index in [4.69, 9.17) is 14.9 Å². The fraction of sp³-hybridized carbons (Fsp3) is 0.316. The number of furan rings is 1. The second-order valence-electron chi connectivity index (χ2n) is 6.44. The lowest BCUT2D eigenvalue weighted by molar-refractivity contribution is 0.0707. The van der Waals surface area contributed by atoms with Crippen LogP contribution in [-0.2, 0) is 0 Å². The molecule has 3 aromatic rings. The number of amides is 1. The second kappa shape index (κ2) is 6.67. The molecule has 134 valence electrons. The molecule has 1 saturated heterocycles. The number of rotatable bonds is 3. The zero-order valence-corrected chi connectivity index (χ0v) is 14.5. The third kappa shape index (κ3) is 2.96. The van der Waals surface area contributed by atoms with Crippen molar-refractivity contribution >= 4 is 22.8 Å². The van der Waals surface area contributed by atoms with Crippen LogP contribution in [0.3, 0.4) is 0 Å². The fourth-order valence-electron chi connectivity index (χ4n) is 3.49. The first-order valence-corrected chi connectivity index (χ1v) is 8.58. The average Bonchev–Trinajstić information content (AvgIpc) is 3.10. The minimum absolute atomic E-state index is 0.0382. The van der Waals surface area contributed by atoms with Crippen molar-refractivity contribution in [1.82, 2.24) is 14.9 Å². The van der Waals surface area contributed by atoms with Crippen LogP contribution in [0.25, 0.3) is 11.0 Å². The maximum Gasteiger partial charge on any atom is 0.257 e. The highest BCUT2D eigenvalue weighted by molar-refractivity contribution is 6.06. The highest BCUT2D eigenvalue weighted by Gasteiger charge is 2.28. The van der Waals surface area contributed by atoms with Crippen LogP contribution >= 0.6 is 0 Å². The van der Waals surface area contributed by atoms with Crippen molar-refractivity contribution in [1.29, 1.82) is 0 Å². The van der Waals surface area contributed by atoms with Gasteiger partial charge in [0.2, 0.25) is 5.95 Å². The van der Waals surface area contributed by atoms with Crippen LogP contribution in [0.5, 0.6) is 5.75 Å². The number of fused-ring (bicyclic) bond motifs is 1. The SMILES string of the molecule is COc1ccc2occ(C(=O)N3CCC[C@H](c4ccnc(N)n4)C3)c2c1. The van der Waals surface area contributed by atoms with Crippen LogP contribution in [0.1, 0.15) is 34.8 Å². The molecule has 0 radical (unpaired) electrons. The summed E-state index contributed by atoms with van der Waals surface area (Å²) in [6, 6.07) is 7.33. The summed E-state index contributed by atoms with van der Waals surface area (Å²) in [5.41, 5.74) is 7.81. The van der Waals surface area contributed by atoms with Gasteiger partial charge in [0.25, 0.3) is 5.91 Å². The zero-order chi connectivity index (χ0) is 18.1. The lowest BCUT2D eigenvalue weighted by Gasteiger charge is -2.32. The number of nitrogens with two attached hydrogens (primary N) is 1. The number of hydrogen-bond acceptors (Lipinski definition) is 6. The molecule has 0 spiro atoms. The van der Waals surface area contributed by atoms with E-state index in [1.54, 1.807) is 13.3 Å². The molecule has 0 unspecified atom stereocenters. The Kier molecular flexibility index (Phi) is 4.20. The van der Waals surface area contributed by atoms with Gasteiger partial charge in [-0.3, -0.25) is 4.79 Å². The lowest BCUT2D eigenvalue weighted by Crippen LogP contribution is -2.39. The predicted molar refractivity (Wildman–Crippen MR) is 97.1 cm³/mol. The number of carbonyl (C=O) groups is 1. The Morgan fingerprint density at radius 2 is 2.27 bits per heavy atom. The highest BCUT2D eigenvalue weighted by Crippen LogP contribution is 2.30. The van der Waals surface area contributed by atoms with Crippen LogP contribution in [0, 0.1) is 0 Å². The Morgan fingerprint density at radius 3 is 3.08 bits per heavy atom. The molecule has 7 nitrogen and oxygen atoms in total. The van der Waals surface area contributed by atoms with Gasteiger partial charge >= 0.3 is 0 Å². The first-order chi connectivity index (χ1) is 12.7. The topological polar surface area (TPSA) is 94.5 Å². The van der Waals surface area contributed by atoms with Gasteiger partial charge in [0.05, 0.1) is 18.4 Å². The number of nitrogen functional groups attached to an aromatic ring is 1. The van der Waals surface area contributed by atoms with Crippen LogP contribution in [0.15, 0.2) is 41.1 Å². The van der Waals surface area contributed by atoms with E-state index in [0.717, 1.165) is 23.9 Å². The Balaban J connectivity index is 1.60. The van der Waals surface area contributed by atoms with Crippen molar-refractivity contribution in [3.63, 3.8) is 0 Å². The van der Waals surface area contributed by atoms with Crippen LogP contribution < -0.4 is 10.5 Å². The molecule has 0 bridgehead atoms. The molecule has 1 atom stereocenters. The zero-order valence-electron chi connectivity index (χ0n) is 14.5. The third-order valence-electron chi connectivity index (χ3n) is 4.83. The van der Waals surface area contributed by atoms with Gasteiger partial charge in [-0.05, 0) is 37.1 Å². The molecule has 7 heteroatoms. The molecular weight excluding hydrogens is 332 g/mol. The molecule has 4 rings (SSSR count). The van der Waals surface area contributed by atoms with Gasteiger partial charge in [-0.2, -0.15) is 0 Å². The first kappa shape index (κ1) is 16.4. The van der Waals surface area contributed by atoms with E-state index in [1.807, 2.05) is 29.2 Å². The van der Waals surface area contributed by atoms with Crippen LogP contribution in [0.2, 0.25) is 0 Å². The number of carbonyl (C=O) groups excluding carboxylic acids is 1. The molecule has 3 heterocycles. The molecule has 1 aromatic carbocycles. The lowest BCUT2D eigenvalue weighted by atomic mass is 9.94. The second-order valence-corrected chi connectivity index (χ2v) is 6.44. The molecule has 26 heavy (non-hydrogen) atoms. The highest BCUT2D eigenvalue weighted by atomic mass is 16.5. The molecule has 1 aliphatic rings. The molecule has 1 aliphatic heterocycles. The van der Waals surface area contributed by atoms with Gasteiger partial charge < -0.3 is 19.8 Å². The van der Waals surface area contributed by atoms with Crippen molar-refractivity contribution in [2.75, 3.05) is 25.9 Å². The summed E-state index contributed by atoms with van der Waals surface area (Å²) in [6.45, 7) is 1.32. The quantitative estimate of drug-likeness (QED) is 0.779. The van der Waals surface area contributed by atoms with Crippen LogP contribution in [-0.4, -0.2) is 41.0 Å². The minimum Gasteiger partial charge on any atom is -0.497 e. The number of aromatic nitrogens is 2. The van der Waals surface area contributed by atoms with E-state index in [0.29, 0.717) is 30.0 Å². The maximum atomic E-state index is 13.1. The molecule has 2 N–H and O–H groups in total. The monoisotopic (exact) mass is 352 g/mol. The molecule has 0 saturated carbocycles. The van der Waals surface area contributed by atoms with E-state index in [1.165, 1.54) is 6.26 Å². The Labute approximate surface area is 150 Å². The van der Waals surface area contributed by atoms with E-state index in [-0.39, 0.29) is 17.8 Å². The summed E-state index contributed by atoms with van der Waals surface area (Å²) >= 11 is 0. The fourth-order valence-corrected chi connectivity index (χ4v) is 3.49. The molecule has 1 fully saturated rings. The van der Waals surface area contributed by atoms with Gasteiger partial charge in [-0.15, -0.1) is 0 Å². The van der Waals surface area contributed by atoms with Crippen molar-refractivity contribution in [2.24, 2.45) is 0 Å². The van der Waals surface area contributed by atoms with Gasteiger partial charge in [-0.25, -0.2) is 9.97 Å². The summed E-state index contributed by atoms with van der Waals surface area (Å²) in [4.78, 5) is 23.2. The van der Waals surface area contributed by atoms with E-state index in [2.05, 4.69) is 9.97 Å². The third-order valence-corrected chi connectivity index (χ3v) is 4.83. The van der Waals surface area contributed by atoms with Gasteiger partial charge in [0, 0.05) is 30.6 Å². The normalized spacial score (nSPS) is 17.4. The number of likely N-dealkylation sites (tertiary alicyclic amines) is 1. The summed E-state index contributed by atoms with van der Waals surface area (Å²) in [6.07, 6.45) is 5.08. The van der Waals surface area contributed by atoms with E-state index >= 15 is 0 Å². The molecular formula is C19H20N4O3. The minimum atomic E-state index is -0.0382. The number of anilines is 1. The largest absolute Gasteiger partial charge is 0.497 e. The van der Waals surface area contributed by atoms with Crippen molar-refractivity contribution in [3.8, 4) is 5.75 Å². The van der Waals surface area contributed by atoms with Crippen molar-refractivity contribution in [2.45, 2.75) is 18.8 Å². The Bertz CT molecular complexity index is 953. The van der Waals surface area contributed by atoms with E-state index < -0.39 is 0 Å². The number of ether oxygens (including phenoxy) is 1. The standard InChI is InChI=1S/C19H20N4O3/c1-25-13-4-5-17-14(9-13)15(11-26-17)18(24)23-8-2-3-12(10-23)16-6-7-21-19(20)22-16/h4-7,9,11-12H,2-3,8,10H2,1H3,(H2,20,21,22)/t12-/m0/s1. The van der Waals surface area contributed by atoms with Crippen molar-refractivity contribution in [3.05, 3.63) is 48.0 Å². The first-order valence-electron chi connectivity index (χ1n) is 8.58. The number of hydrogen-bond donors (Lipinski definition) is 1. The number of piperidine rings is 1. The summed E-state index contributed by atoms with van der Waals surface area (Å²) in [5, 5.41) is 0.766. The van der Waals surface area contributed by atoms with Gasteiger partial charge in [-0.1, -0.05) is 0 Å². The van der Waals surface area contributed by atoms with Gasteiger partial charge in [0.1, 0.15) is 17.6 Å². The van der Waals surface area contributed by atoms with E-state index in [9.17, 15) is 4.79 Å².